The Morgan fingerprint density at radius 3 is 0.760 bits per heavy atom. The van der Waals surface area contributed by atoms with Gasteiger partial charge in [-0.15, -0.1) is 0 Å². The van der Waals surface area contributed by atoms with E-state index < -0.39 is 8.32 Å². The van der Waals surface area contributed by atoms with Gasteiger partial charge in [-0.2, -0.15) is 0 Å². The molecule has 2 aromatic carbocycles. The molecule has 0 unspecified atom stereocenters. The first-order valence-electron chi connectivity index (χ1n) is 9.22. The maximum Gasteiger partial charge on any atom is 0.250 e. The van der Waals surface area contributed by atoms with Crippen LogP contribution < -0.4 is 10.4 Å². The lowest BCUT2D eigenvalue weighted by atomic mass is 9.95. The van der Waals surface area contributed by atoms with Crippen LogP contribution in [0.4, 0.5) is 0 Å². The van der Waals surface area contributed by atoms with E-state index in [1.54, 1.807) is 0 Å². The molecule has 0 saturated carbocycles. The second-order valence-electron chi connectivity index (χ2n) is 8.07. The lowest BCUT2D eigenvalue weighted by Gasteiger charge is -2.33. The Morgan fingerprint density at radius 1 is 0.400 bits per heavy atom. The van der Waals surface area contributed by atoms with Crippen LogP contribution in [0.25, 0.3) is 0 Å². The van der Waals surface area contributed by atoms with E-state index in [4.69, 9.17) is 0 Å². The van der Waals surface area contributed by atoms with E-state index in [0.29, 0.717) is 0 Å². The van der Waals surface area contributed by atoms with E-state index in [9.17, 15) is 4.80 Å². The first-order valence-corrected chi connectivity index (χ1v) is 11.7. The van der Waals surface area contributed by atoms with Crippen molar-refractivity contribution in [1.29, 1.82) is 0 Å². The van der Waals surface area contributed by atoms with Crippen molar-refractivity contribution in [2.24, 2.45) is 0 Å². The molecule has 0 saturated heterocycles. The molecule has 25 heavy (non-hydrogen) atoms. The molecule has 2 aromatic rings. The summed E-state index contributed by atoms with van der Waals surface area (Å²) < 4.78 is 0. The fourth-order valence-corrected chi connectivity index (χ4v) is 8.51. The van der Waals surface area contributed by atoms with Crippen molar-refractivity contribution in [3.05, 3.63) is 55.6 Å². The van der Waals surface area contributed by atoms with Gasteiger partial charge in [0, 0.05) is 0 Å². The maximum absolute atomic E-state index is 12.0. The Kier molecular flexibility index (Phi) is 5.11. The van der Waals surface area contributed by atoms with E-state index >= 15 is 0 Å². The van der Waals surface area contributed by atoms with Gasteiger partial charge in [0.25, 0.3) is 0 Å². The smallest absolute Gasteiger partial charge is 0.250 e. The Hall–Kier alpha value is -1.38. The molecule has 2 heteroatoms. The molecule has 0 aliphatic heterocycles. The average molecular weight is 355 g/mol. The first kappa shape index (κ1) is 19.9. The van der Waals surface area contributed by atoms with Crippen LogP contribution in [0.2, 0.25) is 6.55 Å². The van der Waals surface area contributed by atoms with Crippen LogP contribution in [0.3, 0.4) is 0 Å². The van der Waals surface area contributed by atoms with Gasteiger partial charge in [-0.05, 0) is 142 Å². The summed E-state index contributed by atoms with van der Waals surface area (Å²) in [4.78, 5) is 12.0. The molecular weight excluding hydrogens is 320 g/mol. The maximum atomic E-state index is 12.0. The van der Waals surface area contributed by atoms with Gasteiger partial charge in [0.1, 0.15) is 0 Å². The lowest BCUT2D eigenvalue weighted by Crippen LogP contribution is -2.60. The van der Waals surface area contributed by atoms with Gasteiger partial charge < -0.3 is 4.80 Å². The zero-order valence-electron chi connectivity index (χ0n) is 17.9. The summed E-state index contributed by atoms with van der Waals surface area (Å²) in [7, 11) is -2.81. The fraction of sp³-hybridized carbons (Fsp3) is 0.478. The number of benzene rings is 2. The summed E-state index contributed by atoms with van der Waals surface area (Å²) >= 11 is 0. The minimum atomic E-state index is -2.81. The predicted molar refractivity (Wildman–Crippen MR) is 113 cm³/mol. The van der Waals surface area contributed by atoms with Gasteiger partial charge in [0.2, 0.25) is 8.32 Å². The van der Waals surface area contributed by atoms with E-state index in [0.717, 1.165) is 0 Å². The standard InChI is InChI=1S/C23H34OSi/c1-12-14(3)18(7)22(19(8)15(12)4)25(11,24)23-20(9)16(5)13(2)17(6)21(23)10/h24H,1-11H3. The molecule has 2 rings (SSSR count). The molecule has 0 fully saturated rings. The van der Waals surface area contributed by atoms with E-state index in [-0.39, 0.29) is 0 Å². The first-order chi connectivity index (χ1) is 11.4. The third-order valence-corrected chi connectivity index (χ3v) is 10.4. The minimum absolute atomic E-state index is 1.21. The van der Waals surface area contributed by atoms with E-state index in [2.05, 4.69) is 75.8 Å². The van der Waals surface area contributed by atoms with Crippen molar-refractivity contribution in [3.8, 4) is 0 Å². The average Bonchev–Trinajstić information content (AvgIpc) is 2.54. The summed E-state index contributed by atoms with van der Waals surface area (Å²) in [6, 6.07) is 0. The monoisotopic (exact) mass is 354 g/mol. The van der Waals surface area contributed by atoms with Crippen molar-refractivity contribution < 1.29 is 4.80 Å². The number of rotatable bonds is 2. The zero-order chi connectivity index (χ0) is 19.4. The molecule has 0 aliphatic rings. The topological polar surface area (TPSA) is 20.2 Å². The third-order valence-electron chi connectivity index (χ3n) is 6.97. The normalized spacial score (nSPS) is 12.0. The quantitative estimate of drug-likeness (QED) is 0.790. The molecule has 0 aromatic heterocycles. The highest BCUT2D eigenvalue weighted by Crippen LogP contribution is 2.25. The van der Waals surface area contributed by atoms with Crippen molar-refractivity contribution in [2.75, 3.05) is 0 Å². The van der Waals surface area contributed by atoms with Crippen molar-refractivity contribution >= 4 is 18.7 Å². The van der Waals surface area contributed by atoms with Crippen LogP contribution in [0.5, 0.6) is 0 Å². The van der Waals surface area contributed by atoms with Gasteiger partial charge in [-0.1, -0.05) is 0 Å². The molecule has 1 nitrogen and oxygen atoms in total. The molecule has 0 heterocycles. The minimum Gasteiger partial charge on any atom is -0.424 e. The van der Waals surface area contributed by atoms with Crippen molar-refractivity contribution in [3.63, 3.8) is 0 Å². The van der Waals surface area contributed by atoms with Crippen molar-refractivity contribution in [2.45, 2.75) is 75.8 Å². The molecule has 136 valence electrons. The Balaban J connectivity index is 2.96. The zero-order valence-corrected chi connectivity index (χ0v) is 18.9. The van der Waals surface area contributed by atoms with E-state index in [1.807, 2.05) is 0 Å². The summed E-state index contributed by atoms with van der Waals surface area (Å²) in [5, 5.41) is 2.42. The second kappa shape index (κ2) is 6.41. The SMILES string of the molecule is Cc1c(C)c(C)c([Si](C)(O)c2c(C)c(C)c(C)c(C)c2C)c(C)c1C. The number of hydrogen-bond donors (Lipinski definition) is 1. The largest absolute Gasteiger partial charge is 0.424 e. The summed E-state index contributed by atoms with van der Waals surface area (Å²) in [5.74, 6) is 0. The van der Waals surface area contributed by atoms with Crippen LogP contribution in [-0.4, -0.2) is 13.1 Å². The number of hydrogen-bond acceptors (Lipinski definition) is 1. The van der Waals surface area contributed by atoms with Gasteiger partial charge in [0.05, 0.1) is 0 Å². The molecule has 0 bridgehead atoms. The van der Waals surface area contributed by atoms with Gasteiger partial charge in [-0.3, -0.25) is 0 Å². The van der Waals surface area contributed by atoms with Crippen molar-refractivity contribution in [1.82, 2.24) is 0 Å². The van der Waals surface area contributed by atoms with E-state index in [1.165, 1.54) is 66.0 Å². The molecule has 0 atom stereocenters. The lowest BCUT2D eigenvalue weighted by molar-refractivity contribution is 0.574. The van der Waals surface area contributed by atoms with Gasteiger partial charge in [0.15, 0.2) is 0 Å². The Bertz CT molecular complexity index is 743. The molecular formula is C23H34OSi. The fourth-order valence-electron chi connectivity index (χ4n) is 4.59. The highest BCUT2D eigenvalue weighted by atomic mass is 28.4. The summed E-state index contributed by atoms with van der Waals surface area (Å²) in [6.45, 7) is 24.0. The van der Waals surface area contributed by atoms with Gasteiger partial charge in [-0.25, -0.2) is 0 Å². The Labute approximate surface area is 155 Å². The molecule has 1 N–H and O–H groups in total. The second-order valence-corrected chi connectivity index (χ2v) is 11.2. The highest BCUT2D eigenvalue weighted by Gasteiger charge is 2.38. The highest BCUT2D eigenvalue weighted by molar-refractivity contribution is 6.96. The third kappa shape index (κ3) is 2.80. The summed E-state index contributed by atoms with van der Waals surface area (Å²) in [5.41, 5.74) is 13.1. The molecule has 0 aliphatic carbocycles. The van der Waals surface area contributed by atoms with Gasteiger partial charge >= 0.3 is 0 Å². The molecule has 0 amide bonds. The van der Waals surface area contributed by atoms with Crippen LogP contribution in [-0.2, 0) is 0 Å². The molecule has 0 radical (unpaired) electrons. The van der Waals surface area contributed by atoms with Crippen LogP contribution in [0.1, 0.15) is 55.6 Å². The molecule has 0 spiro atoms. The predicted octanol–water partition coefficient (Wildman–Crippen LogP) is 4.45. The van der Waals surface area contributed by atoms with Crippen LogP contribution >= 0.6 is 0 Å². The summed E-state index contributed by atoms with van der Waals surface area (Å²) in [6.07, 6.45) is 0. The van der Waals surface area contributed by atoms with Crippen LogP contribution in [0.15, 0.2) is 0 Å². The Morgan fingerprint density at radius 2 is 0.560 bits per heavy atom. The van der Waals surface area contributed by atoms with Crippen LogP contribution in [0, 0.1) is 69.2 Å².